The van der Waals surface area contributed by atoms with E-state index < -0.39 is 11.6 Å². The van der Waals surface area contributed by atoms with Crippen LogP contribution in [-0.4, -0.2) is 73.2 Å². The van der Waals surface area contributed by atoms with E-state index in [1.165, 1.54) is 0 Å². The van der Waals surface area contributed by atoms with E-state index in [0.717, 1.165) is 0 Å². The largest absolute Gasteiger partial charge is 0.481 e. The van der Waals surface area contributed by atoms with Crippen LogP contribution in [0, 0.1) is 5.92 Å². The van der Waals surface area contributed by atoms with Crippen LogP contribution in [0.25, 0.3) is 0 Å². The van der Waals surface area contributed by atoms with E-state index in [1.54, 1.807) is 6.92 Å². The van der Waals surface area contributed by atoms with Gasteiger partial charge in [-0.1, -0.05) is 0 Å². The van der Waals surface area contributed by atoms with Crippen molar-refractivity contribution in [1.29, 1.82) is 0 Å². The van der Waals surface area contributed by atoms with Crippen LogP contribution in [0.5, 0.6) is 0 Å². The number of hydrogen-bond acceptors (Lipinski definition) is 2. The van der Waals surface area contributed by atoms with Gasteiger partial charge in [0.1, 0.15) is 0 Å². The van der Waals surface area contributed by atoms with Gasteiger partial charge in [0.2, 0.25) is 0 Å². The molecule has 1 aliphatic carbocycles. The Morgan fingerprint density at radius 1 is 1.60 bits per heavy atom. The van der Waals surface area contributed by atoms with Crippen LogP contribution in [0.15, 0.2) is 0 Å². The Hall–Kier alpha value is 1.07. The van der Waals surface area contributed by atoms with E-state index >= 15 is 0 Å². The zero-order valence-electron chi connectivity index (χ0n) is 6.29. The second kappa shape index (κ2) is 3.65. The van der Waals surface area contributed by atoms with E-state index in [9.17, 15) is 4.79 Å². The molecule has 0 aliphatic heterocycles. The zero-order chi connectivity index (χ0) is 7.07. The Balaban J connectivity index is 0.000000810. The molecule has 0 heterocycles. The van der Waals surface area contributed by atoms with Gasteiger partial charge < -0.3 is 10.2 Å². The van der Waals surface area contributed by atoms with Gasteiger partial charge in [-0.05, 0) is 19.8 Å². The molecular weight excluding hydrogens is 159 g/mol. The normalized spacial score (nSPS) is 37.6. The Kier molecular flexibility index (Phi) is 4.03. The van der Waals surface area contributed by atoms with Gasteiger partial charge in [0.25, 0.3) is 0 Å². The van der Waals surface area contributed by atoms with Crippen LogP contribution >= 0.6 is 0 Å². The first kappa shape index (κ1) is 11.1. The minimum Gasteiger partial charge on any atom is -0.481 e. The molecule has 0 amide bonds. The minimum atomic E-state index is -0.790. The summed E-state index contributed by atoms with van der Waals surface area (Å²) < 4.78 is 0. The predicted octanol–water partition coefficient (Wildman–Crippen LogP) is -0.149. The Morgan fingerprint density at radius 3 is 2.10 bits per heavy atom. The van der Waals surface area contributed by atoms with E-state index in [-0.39, 0.29) is 57.3 Å². The smallest absolute Gasteiger partial charge is 0.306 e. The molecule has 3 nitrogen and oxygen atoms in total. The summed E-state index contributed by atoms with van der Waals surface area (Å²) in [6.45, 7) is 1.66. The first-order valence-electron chi connectivity index (χ1n) is 2.96. The van der Waals surface area contributed by atoms with Gasteiger partial charge in [0.05, 0.1) is 11.5 Å². The Labute approximate surface area is 102 Å². The maximum absolute atomic E-state index is 10.2. The molecule has 4 heteroatoms. The second-order valence-electron chi connectivity index (χ2n) is 2.94. The molecular formula is C6H10KO3. The average Bonchev–Trinajstić information content (AvgIpc) is 1.59. The molecule has 1 radical (unpaired) electrons. The maximum atomic E-state index is 10.2. The number of carbonyl (C=O) groups is 1. The molecule has 0 bridgehead atoms. The van der Waals surface area contributed by atoms with Crippen LogP contribution in [-0.2, 0) is 4.79 Å². The van der Waals surface area contributed by atoms with Crippen molar-refractivity contribution >= 4 is 57.4 Å². The standard InChI is InChI=1S/C6H10O3.K/c1-6(9)2-4(3-6)5(7)8;/h4,9H,2-3H2,1H3,(H,7,8);. The average molecular weight is 169 g/mol. The van der Waals surface area contributed by atoms with E-state index in [2.05, 4.69) is 0 Å². The number of rotatable bonds is 1. The van der Waals surface area contributed by atoms with Crippen molar-refractivity contribution in [3.05, 3.63) is 0 Å². The first-order valence-corrected chi connectivity index (χ1v) is 2.96. The summed E-state index contributed by atoms with van der Waals surface area (Å²) in [5.74, 6) is -1.10. The van der Waals surface area contributed by atoms with Gasteiger partial charge in [-0.3, -0.25) is 4.79 Å². The summed E-state index contributed by atoms with van der Waals surface area (Å²) in [6, 6.07) is 0. The number of aliphatic hydroxyl groups is 1. The third-order valence-corrected chi connectivity index (χ3v) is 1.72. The zero-order valence-corrected chi connectivity index (χ0v) is 9.42. The fourth-order valence-electron chi connectivity index (χ4n) is 1.18. The molecule has 0 spiro atoms. The van der Waals surface area contributed by atoms with Gasteiger partial charge in [-0.15, -0.1) is 0 Å². The third-order valence-electron chi connectivity index (χ3n) is 1.72. The molecule has 1 fully saturated rings. The first-order chi connectivity index (χ1) is 4.01. The second-order valence-corrected chi connectivity index (χ2v) is 2.94. The van der Waals surface area contributed by atoms with Gasteiger partial charge in [-0.2, -0.15) is 0 Å². The summed E-state index contributed by atoms with van der Waals surface area (Å²) in [7, 11) is 0. The molecule has 1 saturated carbocycles. The summed E-state index contributed by atoms with van der Waals surface area (Å²) >= 11 is 0. The third kappa shape index (κ3) is 2.60. The summed E-state index contributed by atoms with van der Waals surface area (Å²) in [5, 5.41) is 17.4. The van der Waals surface area contributed by atoms with Crippen LogP contribution < -0.4 is 0 Å². The minimum absolute atomic E-state index is 0. The Bertz CT molecular complexity index is 136. The fourth-order valence-corrected chi connectivity index (χ4v) is 1.18. The fraction of sp³-hybridized carbons (Fsp3) is 0.833. The molecule has 0 unspecified atom stereocenters. The van der Waals surface area contributed by atoms with E-state index in [0.29, 0.717) is 12.8 Å². The number of hydrogen-bond donors (Lipinski definition) is 2. The monoisotopic (exact) mass is 169 g/mol. The predicted molar refractivity (Wildman–Crippen MR) is 36.7 cm³/mol. The van der Waals surface area contributed by atoms with Gasteiger partial charge in [0, 0.05) is 51.4 Å². The summed E-state index contributed by atoms with van der Waals surface area (Å²) in [6.07, 6.45) is 0.810. The van der Waals surface area contributed by atoms with E-state index in [4.69, 9.17) is 10.2 Å². The van der Waals surface area contributed by atoms with Crippen LogP contribution in [0.2, 0.25) is 0 Å². The number of aliphatic carboxylic acids is 1. The molecule has 2 N–H and O–H groups in total. The topological polar surface area (TPSA) is 57.5 Å². The number of carboxylic acid groups (broad SMARTS) is 1. The number of carboxylic acids is 1. The van der Waals surface area contributed by atoms with Gasteiger partial charge in [0.15, 0.2) is 0 Å². The quantitative estimate of drug-likeness (QED) is 0.537. The van der Waals surface area contributed by atoms with Crippen molar-refractivity contribution in [2.75, 3.05) is 0 Å². The summed E-state index contributed by atoms with van der Waals surface area (Å²) in [5.41, 5.74) is -0.705. The molecule has 0 aromatic carbocycles. The molecule has 53 valence electrons. The Morgan fingerprint density at radius 2 is 2.00 bits per heavy atom. The van der Waals surface area contributed by atoms with Crippen molar-refractivity contribution in [3.8, 4) is 0 Å². The van der Waals surface area contributed by atoms with Crippen LogP contribution in [0.3, 0.4) is 0 Å². The molecule has 10 heavy (non-hydrogen) atoms. The molecule has 1 rings (SSSR count). The summed E-state index contributed by atoms with van der Waals surface area (Å²) in [4.78, 5) is 10.2. The molecule has 0 atom stereocenters. The van der Waals surface area contributed by atoms with E-state index in [1.807, 2.05) is 0 Å². The van der Waals surface area contributed by atoms with Crippen molar-refractivity contribution in [3.63, 3.8) is 0 Å². The SMILES string of the molecule is CC1(O)CC(C(=O)O)C1.[K]. The van der Waals surface area contributed by atoms with Crippen molar-refractivity contribution in [2.24, 2.45) is 5.92 Å². The van der Waals surface area contributed by atoms with Gasteiger partial charge >= 0.3 is 5.97 Å². The van der Waals surface area contributed by atoms with Crippen molar-refractivity contribution in [2.45, 2.75) is 25.4 Å². The maximum Gasteiger partial charge on any atom is 0.306 e. The molecule has 1 aliphatic rings. The molecule has 0 saturated heterocycles. The molecule has 0 aromatic heterocycles. The van der Waals surface area contributed by atoms with Crippen molar-refractivity contribution < 1.29 is 15.0 Å². The van der Waals surface area contributed by atoms with Crippen LogP contribution in [0.1, 0.15) is 19.8 Å². The van der Waals surface area contributed by atoms with Crippen molar-refractivity contribution in [1.82, 2.24) is 0 Å². The molecule has 0 aromatic rings. The van der Waals surface area contributed by atoms with Gasteiger partial charge in [-0.25, -0.2) is 0 Å². The van der Waals surface area contributed by atoms with Crippen LogP contribution in [0.4, 0.5) is 0 Å².